The molecule has 1 atom stereocenters. The highest BCUT2D eigenvalue weighted by Gasteiger charge is 2.25. The van der Waals surface area contributed by atoms with Crippen LogP contribution in [-0.4, -0.2) is 43.6 Å². The van der Waals surface area contributed by atoms with Crippen LogP contribution in [0.1, 0.15) is 17.3 Å². The van der Waals surface area contributed by atoms with Gasteiger partial charge >= 0.3 is 0 Å². The summed E-state index contributed by atoms with van der Waals surface area (Å²) in [7, 11) is 1.47. The monoisotopic (exact) mass is 288 g/mol. The molecule has 19 heavy (non-hydrogen) atoms. The molecule has 2 rings (SSSR count). The molecule has 4 nitrogen and oxygen atoms in total. The first kappa shape index (κ1) is 15.7. The molecule has 1 amide bonds. The molecular weight excluding hydrogens is 271 g/mol. The Labute approximate surface area is 118 Å². The van der Waals surface area contributed by atoms with Gasteiger partial charge in [0.2, 0.25) is 0 Å². The molecule has 0 bridgehead atoms. The van der Waals surface area contributed by atoms with Crippen molar-refractivity contribution in [1.82, 2.24) is 10.2 Å². The lowest BCUT2D eigenvalue weighted by Gasteiger charge is -2.34. The average Bonchev–Trinajstić information content (AvgIpc) is 2.38. The number of carbonyl (C=O) groups is 1. The second-order valence-electron chi connectivity index (χ2n) is 4.40. The summed E-state index contributed by atoms with van der Waals surface area (Å²) < 4.78 is 18.7. The number of ether oxygens (including phenoxy) is 1. The van der Waals surface area contributed by atoms with Crippen LogP contribution in [0, 0.1) is 5.82 Å². The summed E-state index contributed by atoms with van der Waals surface area (Å²) in [5.41, 5.74) is 0.101. The van der Waals surface area contributed by atoms with Crippen LogP contribution in [-0.2, 0) is 0 Å². The fourth-order valence-corrected chi connectivity index (χ4v) is 2.09. The molecule has 1 heterocycles. The molecule has 1 aliphatic heterocycles. The van der Waals surface area contributed by atoms with E-state index in [0.717, 1.165) is 13.1 Å². The molecule has 1 saturated heterocycles. The Hall–Kier alpha value is -1.33. The van der Waals surface area contributed by atoms with Gasteiger partial charge in [0.05, 0.1) is 12.7 Å². The zero-order valence-electron chi connectivity index (χ0n) is 11.0. The van der Waals surface area contributed by atoms with E-state index in [2.05, 4.69) is 5.32 Å². The second-order valence-corrected chi connectivity index (χ2v) is 4.40. The van der Waals surface area contributed by atoms with Crippen LogP contribution >= 0.6 is 12.4 Å². The number of rotatable bonds is 2. The van der Waals surface area contributed by atoms with E-state index in [0.29, 0.717) is 12.3 Å². The SMILES string of the molecule is COc1ccc(C(=O)N2CCNC[C@@H]2C)c(F)c1.Cl. The van der Waals surface area contributed by atoms with Crippen LogP contribution in [0.4, 0.5) is 4.39 Å². The first-order chi connectivity index (χ1) is 8.63. The number of carbonyl (C=O) groups excluding carboxylic acids is 1. The predicted molar refractivity (Wildman–Crippen MR) is 73.6 cm³/mol. The van der Waals surface area contributed by atoms with Crippen LogP contribution in [0.3, 0.4) is 0 Å². The lowest BCUT2D eigenvalue weighted by molar-refractivity contribution is 0.0651. The van der Waals surface area contributed by atoms with Gasteiger partial charge in [0.15, 0.2) is 0 Å². The zero-order valence-corrected chi connectivity index (χ0v) is 11.8. The molecule has 1 aromatic rings. The number of amides is 1. The minimum atomic E-state index is -0.537. The van der Waals surface area contributed by atoms with Crippen LogP contribution in [0.2, 0.25) is 0 Å². The molecule has 106 valence electrons. The summed E-state index contributed by atoms with van der Waals surface area (Å²) in [5, 5.41) is 3.20. The average molecular weight is 289 g/mol. The highest BCUT2D eigenvalue weighted by Crippen LogP contribution is 2.19. The topological polar surface area (TPSA) is 41.6 Å². The maximum absolute atomic E-state index is 13.8. The fraction of sp³-hybridized carbons (Fsp3) is 0.462. The minimum absolute atomic E-state index is 0. The summed E-state index contributed by atoms with van der Waals surface area (Å²) in [6, 6.07) is 4.39. The Morgan fingerprint density at radius 2 is 2.26 bits per heavy atom. The number of piperazine rings is 1. The van der Waals surface area contributed by atoms with Gasteiger partial charge in [-0.1, -0.05) is 0 Å². The quantitative estimate of drug-likeness (QED) is 0.900. The Morgan fingerprint density at radius 1 is 1.53 bits per heavy atom. The summed E-state index contributed by atoms with van der Waals surface area (Å²) in [4.78, 5) is 13.9. The van der Waals surface area contributed by atoms with Crippen molar-refractivity contribution in [2.24, 2.45) is 0 Å². The molecule has 1 aliphatic rings. The number of nitrogens with zero attached hydrogens (tertiary/aromatic N) is 1. The lowest BCUT2D eigenvalue weighted by atomic mass is 10.1. The smallest absolute Gasteiger partial charge is 0.257 e. The van der Waals surface area contributed by atoms with Gasteiger partial charge in [0.25, 0.3) is 5.91 Å². The van der Waals surface area contributed by atoms with Crippen molar-refractivity contribution in [3.05, 3.63) is 29.6 Å². The van der Waals surface area contributed by atoms with Gasteiger partial charge in [-0.15, -0.1) is 12.4 Å². The number of methoxy groups -OCH3 is 1. The molecule has 1 N–H and O–H groups in total. The van der Waals surface area contributed by atoms with Crippen molar-refractivity contribution >= 4 is 18.3 Å². The van der Waals surface area contributed by atoms with Gasteiger partial charge in [0, 0.05) is 31.7 Å². The Kier molecular flexibility index (Phi) is 5.57. The maximum Gasteiger partial charge on any atom is 0.257 e. The molecule has 0 saturated carbocycles. The molecule has 1 fully saturated rings. The normalized spacial score (nSPS) is 18.7. The molecule has 0 unspecified atom stereocenters. The van der Waals surface area contributed by atoms with Crippen molar-refractivity contribution in [3.8, 4) is 5.75 Å². The van der Waals surface area contributed by atoms with E-state index in [9.17, 15) is 9.18 Å². The van der Waals surface area contributed by atoms with E-state index >= 15 is 0 Å². The maximum atomic E-state index is 13.8. The number of hydrogen-bond acceptors (Lipinski definition) is 3. The third-order valence-electron chi connectivity index (χ3n) is 3.17. The Morgan fingerprint density at radius 3 is 2.84 bits per heavy atom. The number of halogens is 2. The van der Waals surface area contributed by atoms with Crippen LogP contribution in [0.5, 0.6) is 5.75 Å². The van der Waals surface area contributed by atoms with E-state index in [1.807, 2.05) is 6.92 Å². The highest BCUT2D eigenvalue weighted by atomic mass is 35.5. The minimum Gasteiger partial charge on any atom is -0.497 e. The molecule has 0 radical (unpaired) electrons. The lowest BCUT2D eigenvalue weighted by Crippen LogP contribution is -2.52. The molecule has 1 aromatic carbocycles. The Bertz CT molecular complexity index is 456. The van der Waals surface area contributed by atoms with E-state index in [4.69, 9.17) is 4.74 Å². The van der Waals surface area contributed by atoms with Gasteiger partial charge in [0.1, 0.15) is 11.6 Å². The van der Waals surface area contributed by atoms with Crippen molar-refractivity contribution < 1.29 is 13.9 Å². The molecule has 0 aromatic heterocycles. The molecule has 0 spiro atoms. The third-order valence-corrected chi connectivity index (χ3v) is 3.17. The first-order valence-electron chi connectivity index (χ1n) is 5.98. The van der Waals surface area contributed by atoms with Gasteiger partial charge in [-0.3, -0.25) is 4.79 Å². The van der Waals surface area contributed by atoms with Crippen LogP contribution in [0.25, 0.3) is 0 Å². The molecule has 0 aliphatic carbocycles. The standard InChI is InChI=1S/C13H17FN2O2.ClH/c1-9-8-15-5-6-16(9)13(17)11-4-3-10(18-2)7-12(11)14;/h3-4,7,9,15H,5-6,8H2,1-2H3;1H/t9-;/m0./s1. The summed E-state index contributed by atoms with van der Waals surface area (Å²) >= 11 is 0. The zero-order chi connectivity index (χ0) is 13.1. The highest BCUT2D eigenvalue weighted by molar-refractivity contribution is 5.95. The van der Waals surface area contributed by atoms with Gasteiger partial charge in [-0.2, -0.15) is 0 Å². The number of hydrogen-bond donors (Lipinski definition) is 1. The second kappa shape index (κ2) is 6.73. The summed E-state index contributed by atoms with van der Waals surface area (Å²) in [6.07, 6.45) is 0. The summed E-state index contributed by atoms with van der Waals surface area (Å²) in [6.45, 7) is 4.04. The summed E-state index contributed by atoms with van der Waals surface area (Å²) in [5.74, 6) is -0.383. The molecule has 6 heteroatoms. The van der Waals surface area contributed by atoms with Crippen LogP contribution < -0.4 is 10.1 Å². The van der Waals surface area contributed by atoms with E-state index in [-0.39, 0.29) is 29.9 Å². The third kappa shape index (κ3) is 3.36. The van der Waals surface area contributed by atoms with Gasteiger partial charge in [-0.05, 0) is 19.1 Å². The van der Waals surface area contributed by atoms with Gasteiger partial charge in [-0.25, -0.2) is 4.39 Å². The largest absolute Gasteiger partial charge is 0.497 e. The number of benzene rings is 1. The fourth-order valence-electron chi connectivity index (χ4n) is 2.09. The predicted octanol–water partition coefficient (Wildman–Crippen LogP) is 1.69. The van der Waals surface area contributed by atoms with Crippen LogP contribution in [0.15, 0.2) is 18.2 Å². The van der Waals surface area contributed by atoms with E-state index in [1.165, 1.54) is 19.2 Å². The van der Waals surface area contributed by atoms with E-state index in [1.54, 1.807) is 11.0 Å². The van der Waals surface area contributed by atoms with Crippen molar-refractivity contribution in [3.63, 3.8) is 0 Å². The number of nitrogens with one attached hydrogen (secondary N) is 1. The molecular formula is C13H18ClFN2O2. The van der Waals surface area contributed by atoms with Gasteiger partial charge < -0.3 is 15.0 Å². The van der Waals surface area contributed by atoms with Crippen molar-refractivity contribution in [2.75, 3.05) is 26.7 Å². The Balaban J connectivity index is 0.00000180. The first-order valence-corrected chi connectivity index (χ1v) is 5.98. The van der Waals surface area contributed by atoms with E-state index < -0.39 is 5.82 Å². The van der Waals surface area contributed by atoms with Crippen molar-refractivity contribution in [2.45, 2.75) is 13.0 Å². The van der Waals surface area contributed by atoms with Crippen molar-refractivity contribution in [1.29, 1.82) is 0 Å².